The van der Waals surface area contributed by atoms with Crippen molar-refractivity contribution in [3.8, 4) is 0 Å². The van der Waals surface area contributed by atoms with Crippen molar-refractivity contribution in [3.05, 3.63) is 35.6 Å². The Morgan fingerprint density at radius 3 is 2.69 bits per heavy atom. The topological polar surface area (TPSA) is 38.7 Å². The second-order valence-corrected chi connectivity index (χ2v) is 2.29. The molecule has 1 rings (SSSR count). The van der Waals surface area contributed by atoms with Gasteiger partial charge in [0.2, 0.25) is 0 Å². The monoisotopic (exact) mass is 181 g/mol. The molecule has 0 atom stereocenters. The first-order valence-corrected chi connectivity index (χ1v) is 3.66. The van der Waals surface area contributed by atoms with Gasteiger partial charge in [-0.25, -0.2) is 4.39 Å². The minimum Gasteiger partial charge on any atom is -0.391 e. The van der Waals surface area contributed by atoms with E-state index >= 15 is 0 Å². The summed E-state index contributed by atoms with van der Waals surface area (Å²) in [5.74, 6) is -0.292. The Balaban J connectivity index is 2.41. The number of aldehydes is 1. The second kappa shape index (κ2) is 5.03. The van der Waals surface area contributed by atoms with Crippen LogP contribution in [-0.4, -0.2) is 12.5 Å². The van der Waals surface area contributed by atoms with Gasteiger partial charge in [0.15, 0.2) is 6.29 Å². The van der Waals surface area contributed by atoms with Gasteiger partial charge in [-0.3, -0.25) is 4.79 Å². The Morgan fingerprint density at radius 1 is 1.38 bits per heavy atom. The van der Waals surface area contributed by atoms with E-state index in [4.69, 9.17) is 4.84 Å². The van der Waals surface area contributed by atoms with Gasteiger partial charge >= 0.3 is 0 Å². The number of benzene rings is 1. The van der Waals surface area contributed by atoms with Crippen molar-refractivity contribution < 1.29 is 14.0 Å². The van der Waals surface area contributed by atoms with Crippen LogP contribution in [0.1, 0.15) is 5.56 Å². The predicted molar refractivity (Wildman–Crippen MR) is 45.7 cm³/mol. The highest BCUT2D eigenvalue weighted by molar-refractivity contribution is 6.12. The van der Waals surface area contributed by atoms with E-state index in [2.05, 4.69) is 5.16 Å². The Morgan fingerprint density at radius 2 is 2.08 bits per heavy atom. The van der Waals surface area contributed by atoms with Gasteiger partial charge in [-0.2, -0.15) is 0 Å². The van der Waals surface area contributed by atoms with E-state index in [1.165, 1.54) is 12.1 Å². The molecule has 68 valence electrons. The molecular weight excluding hydrogens is 173 g/mol. The van der Waals surface area contributed by atoms with Gasteiger partial charge < -0.3 is 4.84 Å². The van der Waals surface area contributed by atoms with Crippen LogP contribution in [0.3, 0.4) is 0 Å². The molecule has 0 unspecified atom stereocenters. The van der Waals surface area contributed by atoms with Gasteiger partial charge in [-0.1, -0.05) is 17.3 Å². The summed E-state index contributed by atoms with van der Waals surface area (Å²) in [6.45, 7) is 0.227. The fourth-order valence-electron chi connectivity index (χ4n) is 0.760. The minimum atomic E-state index is -0.292. The summed E-state index contributed by atoms with van der Waals surface area (Å²) in [7, 11) is 0. The standard InChI is InChI=1S/C9H8FNO2/c10-9-3-1-8(2-4-9)7-13-11-5-6-12/h1-6H,7H2. The maximum atomic E-state index is 12.4. The van der Waals surface area contributed by atoms with E-state index in [1.807, 2.05) is 0 Å². The van der Waals surface area contributed by atoms with Crippen molar-refractivity contribution in [2.75, 3.05) is 0 Å². The number of carbonyl (C=O) groups excluding carboxylic acids is 1. The lowest BCUT2D eigenvalue weighted by molar-refractivity contribution is -0.102. The highest BCUT2D eigenvalue weighted by Gasteiger charge is 1.92. The molecule has 0 amide bonds. The Bertz CT molecular complexity index is 295. The third-order valence-corrected chi connectivity index (χ3v) is 1.34. The number of hydrogen-bond acceptors (Lipinski definition) is 3. The van der Waals surface area contributed by atoms with Crippen molar-refractivity contribution >= 4 is 12.5 Å². The van der Waals surface area contributed by atoms with Crippen LogP contribution in [0.2, 0.25) is 0 Å². The van der Waals surface area contributed by atoms with Gasteiger partial charge in [0.05, 0.1) is 0 Å². The van der Waals surface area contributed by atoms with Crippen LogP contribution in [0.4, 0.5) is 4.39 Å². The highest BCUT2D eigenvalue weighted by atomic mass is 19.1. The molecule has 0 radical (unpaired) electrons. The third kappa shape index (κ3) is 3.46. The Kier molecular flexibility index (Phi) is 3.63. The van der Waals surface area contributed by atoms with Crippen molar-refractivity contribution in [2.24, 2.45) is 5.16 Å². The molecule has 0 aliphatic heterocycles. The summed E-state index contributed by atoms with van der Waals surface area (Å²) < 4.78 is 12.4. The van der Waals surface area contributed by atoms with E-state index in [-0.39, 0.29) is 12.4 Å². The van der Waals surface area contributed by atoms with E-state index in [0.29, 0.717) is 6.29 Å². The van der Waals surface area contributed by atoms with Crippen molar-refractivity contribution in [2.45, 2.75) is 6.61 Å². The molecule has 0 bridgehead atoms. The van der Waals surface area contributed by atoms with Gasteiger partial charge in [-0.05, 0) is 17.7 Å². The lowest BCUT2D eigenvalue weighted by Gasteiger charge is -1.97. The fraction of sp³-hybridized carbons (Fsp3) is 0.111. The Labute approximate surface area is 74.8 Å². The molecule has 0 fully saturated rings. The van der Waals surface area contributed by atoms with Crippen LogP contribution in [-0.2, 0) is 16.2 Å². The molecule has 0 saturated heterocycles. The normalized spacial score (nSPS) is 10.2. The lowest BCUT2D eigenvalue weighted by Crippen LogP contribution is -1.87. The molecule has 0 aliphatic rings. The van der Waals surface area contributed by atoms with Crippen LogP contribution < -0.4 is 0 Å². The first kappa shape index (κ1) is 9.38. The molecule has 1 aromatic carbocycles. The molecule has 0 aliphatic carbocycles. The van der Waals surface area contributed by atoms with E-state index < -0.39 is 0 Å². The average molecular weight is 181 g/mol. The van der Waals surface area contributed by atoms with Crippen LogP contribution in [0.15, 0.2) is 29.4 Å². The van der Waals surface area contributed by atoms with Crippen molar-refractivity contribution in [1.82, 2.24) is 0 Å². The van der Waals surface area contributed by atoms with E-state index in [0.717, 1.165) is 11.8 Å². The first-order chi connectivity index (χ1) is 6.33. The SMILES string of the molecule is O=CC=NOCc1ccc(F)cc1. The molecule has 0 heterocycles. The van der Waals surface area contributed by atoms with Gasteiger partial charge in [0, 0.05) is 0 Å². The van der Waals surface area contributed by atoms with Crippen LogP contribution in [0, 0.1) is 5.82 Å². The Hall–Kier alpha value is -1.71. The fourth-order valence-corrected chi connectivity index (χ4v) is 0.760. The van der Waals surface area contributed by atoms with E-state index in [9.17, 15) is 9.18 Å². The van der Waals surface area contributed by atoms with Crippen LogP contribution in [0.25, 0.3) is 0 Å². The zero-order valence-electron chi connectivity index (χ0n) is 6.81. The van der Waals surface area contributed by atoms with Gasteiger partial charge in [0.25, 0.3) is 0 Å². The highest BCUT2D eigenvalue weighted by Crippen LogP contribution is 2.03. The van der Waals surface area contributed by atoms with Gasteiger partial charge in [-0.15, -0.1) is 0 Å². The number of carbonyl (C=O) groups is 1. The number of nitrogens with zero attached hydrogens (tertiary/aromatic N) is 1. The zero-order valence-corrected chi connectivity index (χ0v) is 6.81. The molecule has 0 aromatic heterocycles. The summed E-state index contributed by atoms with van der Waals surface area (Å²) in [5, 5.41) is 3.32. The maximum absolute atomic E-state index is 12.4. The van der Waals surface area contributed by atoms with Gasteiger partial charge in [0.1, 0.15) is 18.6 Å². The first-order valence-electron chi connectivity index (χ1n) is 3.66. The van der Waals surface area contributed by atoms with Crippen LogP contribution >= 0.6 is 0 Å². The predicted octanol–water partition coefficient (Wildman–Crippen LogP) is 1.53. The smallest absolute Gasteiger partial charge is 0.164 e. The number of hydrogen-bond donors (Lipinski definition) is 0. The summed E-state index contributed by atoms with van der Waals surface area (Å²) >= 11 is 0. The number of oxime groups is 1. The molecule has 13 heavy (non-hydrogen) atoms. The summed E-state index contributed by atoms with van der Waals surface area (Å²) in [5.41, 5.74) is 0.796. The summed E-state index contributed by atoms with van der Waals surface area (Å²) in [6.07, 6.45) is 1.52. The molecule has 0 N–H and O–H groups in total. The van der Waals surface area contributed by atoms with Crippen molar-refractivity contribution in [3.63, 3.8) is 0 Å². The largest absolute Gasteiger partial charge is 0.391 e. The third-order valence-electron chi connectivity index (χ3n) is 1.34. The molecule has 1 aromatic rings. The van der Waals surface area contributed by atoms with E-state index in [1.54, 1.807) is 12.1 Å². The molecule has 3 nitrogen and oxygen atoms in total. The summed E-state index contributed by atoms with van der Waals surface area (Å²) in [4.78, 5) is 14.5. The molecule has 0 saturated carbocycles. The van der Waals surface area contributed by atoms with Crippen LogP contribution in [0.5, 0.6) is 0 Å². The molecular formula is C9H8FNO2. The zero-order chi connectivity index (χ0) is 9.52. The average Bonchev–Trinajstić information content (AvgIpc) is 2.15. The number of halogens is 1. The second-order valence-electron chi connectivity index (χ2n) is 2.29. The molecule has 4 heteroatoms. The minimum absolute atomic E-state index is 0.227. The maximum Gasteiger partial charge on any atom is 0.164 e. The molecule has 0 spiro atoms. The van der Waals surface area contributed by atoms with Crippen molar-refractivity contribution in [1.29, 1.82) is 0 Å². The number of rotatable bonds is 4. The quantitative estimate of drug-likeness (QED) is 0.401. The lowest BCUT2D eigenvalue weighted by atomic mass is 10.2. The summed E-state index contributed by atoms with van der Waals surface area (Å²) in [6, 6.07) is 5.85.